The summed E-state index contributed by atoms with van der Waals surface area (Å²) in [5.41, 5.74) is 1.70. The molecule has 6 nitrogen and oxygen atoms in total. The standard InChI is InChI=1S/C18H21N3O3/c1-4-21(5-2)17(22)13-9-10-19-16(12-13)20-15-8-6-7-14(11-15)18(23)24-3/h6-12H,4-5H2,1-3H3,(H,19,20). The molecule has 0 radical (unpaired) electrons. The van der Waals surface area contributed by atoms with E-state index in [1.165, 1.54) is 7.11 Å². The minimum atomic E-state index is -0.405. The van der Waals surface area contributed by atoms with Gasteiger partial charge in [0.05, 0.1) is 12.7 Å². The smallest absolute Gasteiger partial charge is 0.337 e. The summed E-state index contributed by atoms with van der Waals surface area (Å²) in [5, 5.41) is 3.10. The average molecular weight is 327 g/mol. The third-order valence-electron chi connectivity index (χ3n) is 3.61. The Kier molecular flexibility index (Phi) is 5.89. The highest BCUT2D eigenvalue weighted by atomic mass is 16.5. The molecule has 0 aliphatic carbocycles. The molecule has 1 amide bonds. The number of aromatic nitrogens is 1. The summed E-state index contributed by atoms with van der Waals surface area (Å²) in [7, 11) is 1.34. The number of hydrogen-bond donors (Lipinski definition) is 1. The number of esters is 1. The number of rotatable bonds is 6. The molecule has 0 saturated heterocycles. The van der Waals surface area contributed by atoms with E-state index in [1.54, 1.807) is 41.4 Å². The molecule has 0 aliphatic heterocycles. The zero-order valence-electron chi connectivity index (χ0n) is 14.1. The maximum atomic E-state index is 12.4. The van der Waals surface area contributed by atoms with Crippen LogP contribution in [0.25, 0.3) is 0 Å². The van der Waals surface area contributed by atoms with Crippen LogP contribution in [0.1, 0.15) is 34.6 Å². The summed E-state index contributed by atoms with van der Waals surface area (Å²) in [6.07, 6.45) is 1.59. The Morgan fingerprint density at radius 1 is 1.12 bits per heavy atom. The van der Waals surface area contributed by atoms with Crippen molar-refractivity contribution in [1.82, 2.24) is 9.88 Å². The molecule has 6 heteroatoms. The Balaban J connectivity index is 2.21. The van der Waals surface area contributed by atoms with Crippen molar-refractivity contribution in [1.29, 1.82) is 0 Å². The fraction of sp³-hybridized carbons (Fsp3) is 0.278. The van der Waals surface area contributed by atoms with Gasteiger partial charge in [-0.3, -0.25) is 4.79 Å². The van der Waals surface area contributed by atoms with Crippen LogP contribution in [0.15, 0.2) is 42.6 Å². The van der Waals surface area contributed by atoms with Crippen molar-refractivity contribution >= 4 is 23.4 Å². The Labute approximate surface area is 141 Å². The molecule has 0 bridgehead atoms. The van der Waals surface area contributed by atoms with Crippen LogP contribution in [-0.2, 0) is 4.74 Å². The molecule has 1 heterocycles. The molecule has 0 aliphatic rings. The molecule has 126 valence electrons. The summed E-state index contributed by atoms with van der Waals surface area (Å²) in [6.45, 7) is 5.20. The third-order valence-corrected chi connectivity index (χ3v) is 3.61. The number of nitrogens with zero attached hydrogens (tertiary/aromatic N) is 2. The lowest BCUT2D eigenvalue weighted by Crippen LogP contribution is -2.30. The summed E-state index contributed by atoms with van der Waals surface area (Å²) < 4.78 is 4.71. The second-order valence-corrected chi connectivity index (χ2v) is 5.10. The minimum absolute atomic E-state index is 0.0336. The highest BCUT2D eigenvalue weighted by Gasteiger charge is 2.13. The molecule has 2 aromatic rings. The van der Waals surface area contributed by atoms with E-state index in [9.17, 15) is 9.59 Å². The van der Waals surface area contributed by atoms with Gasteiger partial charge in [0.1, 0.15) is 5.82 Å². The first-order valence-corrected chi connectivity index (χ1v) is 7.79. The fourth-order valence-corrected chi connectivity index (χ4v) is 2.31. The number of methoxy groups -OCH3 is 1. The van der Waals surface area contributed by atoms with Crippen LogP contribution in [0.4, 0.5) is 11.5 Å². The zero-order valence-corrected chi connectivity index (χ0v) is 14.1. The van der Waals surface area contributed by atoms with Gasteiger partial charge in [-0.25, -0.2) is 9.78 Å². The van der Waals surface area contributed by atoms with E-state index >= 15 is 0 Å². The predicted octanol–water partition coefficient (Wildman–Crippen LogP) is 3.09. The minimum Gasteiger partial charge on any atom is -0.465 e. The molecule has 0 unspecified atom stereocenters. The molecule has 1 aromatic carbocycles. The maximum Gasteiger partial charge on any atom is 0.337 e. The van der Waals surface area contributed by atoms with Crippen molar-refractivity contribution < 1.29 is 14.3 Å². The van der Waals surface area contributed by atoms with Crippen LogP contribution in [-0.4, -0.2) is 42.0 Å². The number of carbonyl (C=O) groups is 2. The summed E-state index contributed by atoms with van der Waals surface area (Å²) in [5.74, 6) is 0.0980. The van der Waals surface area contributed by atoms with Gasteiger partial charge in [0.2, 0.25) is 0 Å². The van der Waals surface area contributed by atoms with Gasteiger partial charge in [0.25, 0.3) is 5.91 Å². The molecule has 0 atom stereocenters. The molecule has 0 spiro atoms. The molecular formula is C18H21N3O3. The third kappa shape index (κ3) is 4.10. The van der Waals surface area contributed by atoms with Gasteiger partial charge in [-0.1, -0.05) is 6.07 Å². The van der Waals surface area contributed by atoms with Crippen LogP contribution in [0.5, 0.6) is 0 Å². The summed E-state index contributed by atoms with van der Waals surface area (Å²) in [6, 6.07) is 10.3. The second kappa shape index (κ2) is 8.10. The van der Waals surface area contributed by atoms with Crippen LogP contribution >= 0.6 is 0 Å². The SMILES string of the molecule is CCN(CC)C(=O)c1ccnc(Nc2cccc(C(=O)OC)c2)c1. The number of anilines is 2. The largest absolute Gasteiger partial charge is 0.465 e. The zero-order chi connectivity index (χ0) is 17.5. The highest BCUT2D eigenvalue weighted by molar-refractivity contribution is 5.95. The van der Waals surface area contributed by atoms with Crippen LogP contribution in [0.3, 0.4) is 0 Å². The van der Waals surface area contributed by atoms with E-state index < -0.39 is 5.97 Å². The Morgan fingerprint density at radius 3 is 2.54 bits per heavy atom. The molecule has 0 saturated carbocycles. The van der Waals surface area contributed by atoms with Gasteiger partial charge in [0.15, 0.2) is 0 Å². The van der Waals surface area contributed by atoms with Gasteiger partial charge in [0, 0.05) is 30.5 Å². The Morgan fingerprint density at radius 2 is 1.88 bits per heavy atom. The van der Waals surface area contributed by atoms with E-state index in [4.69, 9.17) is 4.74 Å². The number of carbonyl (C=O) groups excluding carboxylic acids is 2. The van der Waals surface area contributed by atoms with Crippen molar-refractivity contribution in [3.05, 3.63) is 53.7 Å². The van der Waals surface area contributed by atoms with Gasteiger partial charge in [-0.2, -0.15) is 0 Å². The maximum absolute atomic E-state index is 12.4. The van der Waals surface area contributed by atoms with E-state index in [2.05, 4.69) is 10.3 Å². The van der Waals surface area contributed by atoms with E-state index in [1.807, 2.05) is 19.9 Å². The number of benzene rings is 1. The van der Waals surface area contributed by atoms with Gasteiger partial charge in [-0.15, -0.1) is 0 Å². The van der Waals surface area contributed by atoms with E-state index in [0.717, 1.165) is 0 Å². The van der Waals surface area contributed by atoms with Crippen LogP contribution < -0.4 is 5.32 Å². The highest BCUT2D eigenvalue weighted by Crippen LogP contribution is 2.18. The van der Waals surface area contributed by atoms with E-state index in [-0.39, 0.29) is 5.91 Å². The molecule has 1 N–H and O–H groups in total. The number of pyridine rings is 1. The number of amides is 1. The lowest BCUT2D eigenvalue weighted by atomic mass is 10.2. The Hall–Kier alpha value is -2.89. The van der Waals surface area contributed by atoms with Crippen molar-refractivity contribution in [2.75, 3.05) is 25.5 Å². The predicted molar refractivity (Wildman–Crippen MR) is 92.6 cm³/mol. The summed E-state index contributed by atoms with van der Waals surface area (Å²) >= 11 is 0. The molecule has 1 aromatic heterocycles. The number of nitrogens with one attached hydrogen (secondary N) is 1. The van der Waals surface area contributed by atoms with Gasteiger partial charge >= 0.3 is 5.97 Å². The van der Waals surface area contributed by atoms with Gasteiger partial charge < -0.3 is 15.0 Å². The monoisotopic (exact) mass is 327 g/mol. The van der Waals surface area contributed by atoms with Crippen molar-refractivity contribution in [3.8, 4) is 0 Å². The Bertz CT molecular complexity index is 727. The van der Waals surface area contributed by atoms with Crippen molar-refractivity contribution in [2.24, 2.45) is 0 Å². The van der Waals surface area contributed by atoms with Crippen molar-refractivity contribution in [2.45, 2.75) is 13.8 Å². The first kappa shape index (κ1) is 17.5. The van der Waals surface area contributed by atoms with Gasteiger partial charge in [-0.05, 0) is 44.2 Å². The molecule has 24 heavy (non-hydrogen) atoms. The molecule has 0 fully saturated rings. The van der Waals surface area contributed by atoms with E-state index in [0.29, 0.717) is 35.7 Å². The fourth-order valence-electron chi connectivity index (χ4n) is 2.31. The number of ether oxygens (including phenoxy) is 1. The van der Waals surface area contributed by atoms with Crippen LogP contribution in [0, 0.1) is 0 Å². The second-order valence-electron chi connectivity index (χ2n) is 5.10. The lowest BCUT2D eigenvalue weighted by molar-refractivity contribution is 0.0600. The molecule has 2 rings (SSSR count). The summed E-state index contributed by atoms with van der Waals surface area (Å²) in [4.78, 5) is 30.0. The topological polar surface area (TPSA) is 71.5 Å². The number of hydrogen-bond acceptors (Lipinski definition) is 5. The van der Waals surface area contributed by atoms with Crippen molar-refractivity contribution in [3.63, 3.8) is 0 Å². The molecular weight excluding hydrogens is 306 g/mol. The van der Waals surface area contributed by atoms with Crippen LogP contribution in [0.2, 0.25) is 0 Å². The first-order valence-electron chi connectivity index (χ1n) is 7.79. The lowest BCUT2D eigenvalue weighted by Gasteiger charge is -2.18. The average Bonchev–Trinajstić information content (AvgIpc) is 2.62. The first-order chi connectivity index (χ1) is 11.6. The quantitative estimate of drug-likeness (QED) is 0.826. The normalized spacial score (nSPS) is 10.1.